The van der Waals surface area contributed by atoms with Gasteiger partial charge in [-0.3, -0.25) is 19.7 Å². The van der Waals surface area contributed by atoms with Crippen LogP contribution in [0.1, 0.15) is 19.4 Å². The minimum Gasteiger partial charge on any atom is -0.490 e. The molecule has 0 bridgehead atoms. The second-order valence-corrected chi connectivity index (χ2v) is 9.33. The first kappa shape index (κ1) is 23.6. The summed E-state index contributed by atoms with van der Waals surface area (Å²) in [5, 5.41) is 4.11. The third kappa shape index (κ3) is 5.61. The standard InChI is InChI=1S/C20H17ClN2O7S2/c1-3-29-16-9-12(10-17-19(25)23-20(26)31-17)8-15(21)18(16)30-32(27,28)14-6-4-13(5-7-14)22-11(2)24/h4-10H,3H2,1-2H3,(H,22,24)(H,23,25,26)/b17-10-. The Labute approximate surface area is 193 Å². The lowest BCUT2D eigenvalue weighted by atomic mass is 10.2. The molecule has 1 heterocycles. The molecule has 9 nitrogen and oxygen atoms in total. The highest BCUT2D eigenvalue weighted by Crippen LogP contribution is 2.40. The molecule has 0 aliphatic carbocycles. The molecule has 3 amide bonds. The Kier molecular flexibility index (Phi) is 7.12. The number of carbonyl (C=O) groups is 3. The van der Waals surface area contributed by atoms with Crippen LogP contribution in [-0.4, -0.2) is 32.1 Å². The summed E-state index contributed by atoms with van der Waals surface area (Å²) in [4.78, 5) is 34.2. The van der Waals surface area contributed by atoms with E-state index in [2.05, 4.69) is 10.6 Å². The van der Waals surface area contributed by atoms with Crippen molar-refractivity contribution in [2.45, 2.75) is 18.7 Å². The first-order valence-electron chi connectivity index (χ1n) is 9.12. The molecule has 168 valence electrons. The summed E-state index contributed by atoms with van der Waals surface area (Å²) >= 11 is 7.01. The molecular formula is C20H17ClN2O7S2. The van der Waals surface area contributed by atoms with Crippen LogP contribution in [0.5, 0.6) is 11.5 Å². The lowest BCUT2D eigenvalue weighted by Crippen LogP contribution is -2.17. The maximum absolute atomic E-state index is 12.8. The fourth-order valence-corrected chi connectivity index (χ4v) is 4.60. The van der Waals surface area contributed by atoms with Crippen molar-refractivity contribution in [3.05, 3.63) is 51.9 Å². The zero-order chi connectivity index (χ0) is 23.5. The number of ether oxygens (including phenoxy) is 1. The summed E-state index contributed by atoms with van der Waals surface area (Å²) in [6.45, 7) is 3.21. The Balaban J connectivity index is 1.93. The second kappa shape index (κ2) is 9.63. The van der Waals surface area contributed by atoms with Gasteiger partial charge in [0.1, 0.15) is 4.90 Å². The number of carbonyl (C=O) groups excluding carboxylic acids is 3. The summed E-state index contributed by atoms with van der Waals surface area (Å²) in [6, 6.07) is 8.23. The van der Waals surface area contributed by atoms with Gasteiger partial charge in [-0.15, -0.1) is 0 Å². The van der Waals surface area contributed by atoms with E-state index in [1.165, 1.54) is 49.4 Å². The molecule has 0 radical (unpaired) electrons. The largest absolute Gasteiger partial charge is 0.490 e. The van der Waals surface area contributed by atoms with Crippen LogP contribution < -0.4 is 19.6 Å². The molecule has 0 saturated carbocycles. The fraction of sp³-hybridized carbons (Fsp3) is 0.150. The summed E-state index contributed by atoms with van der Waals surface area (Å²) in [6.07, 6.45) is 1.43. The van der Waals surface area contributed by atoms with Crippen LogP contribution in [0.25, 0.3) is 6.08 Å². The van der Waals surface area contributed by atoms with Gasteiger partial charge >= 0.3 is 10.1 Å². The number of thioether (sulfide) groups is 1. The molecule has 0 spiro atoms. The van der Waals surface area contributed by atoms with Gasteiger partial charge in [0.25, 0.3) is 11.1 Å². The van der Waals surface area contributed by atoms with Gasteiger partial charge in [-0.25, -0.2) is 0 Å². The van der Waals surface area contributed by atoms with Gasteiger partial charge in [-0.2, -0.15) is 8.42 Å². The quantitative estimate of drug-likeness (QED) is 0.437. The molecule has 1 saturated heterocycles. The highest BCUT2D eigenvalue weighted by atomic mass is 35.5. The topological polar surface area (TPSA) is 128 Å². The molecule has 12 heteroatoms. The summed E-state index contributed by atoms with van der Waals surface area (Å²) in [5.74, 6) is -1.01. The Hall–Kier alpha value is -3.02. The van der Waals surface area contributed by atoms with Crippen LogP contribution in [-0.2, 0) is 19.7 Å². The van der Waals surface area contributed by atoms with Crippen molar-refractivity contribution in [2.75, 3.05) is 11.9 Å². The van der Waals surface area contributed by atoms with Crippen molar-refractivity contribution in [1.29, 1.82) is 0 Å². The Bertz CT molecular complexity index is 1230. The Morgan fingerprint density at radius 2 is 1.91 bits per heavy atom. The second-order valence-electron chi connectivity index (χ2n) is 6.36. The Morgan fingerprint density at radius 3 is 2.47 bits per heavy atom. The van der Waals surface area contributed by atoms with Gasteiger partial charge in [-0.05, 0) is 66.7 Å². The molecular weight excluding hydrogens is 480 g/mol. The van der Waals surface area contributed by atoms with Crippen LogP contribution in [0.2, 0.25) is 5.02 Å². The number of hydrogen-bond donors (Lipinski definition) is 2. The molecule has 1 aliphatic heterocycles. The molecule has 1 aliphatic rings. The average Bonchev–Trinajstić information content (AvgIpc) is 3.01. The minimum atomic E-state index is -4.28. The van der Waals surface area contributed by atoms with Crippen LogP contribution >= 0.6 is 23.4 Å². The van der Waals surface area contributed by atoms with E-state index in [4.69, 9.17) is 20.5 Å². The van der Waals surface area contributed by atoms with E-state index in [1.54, 1.807) is 6.92 Å². The molecule has 0 atom stereocenters. The third-order valence-corrected chi connectivity index (χ3v) is 6.25. The maximum atomic E-state index is 12.8. The number of halogens is 1. The predicted octanol–water partition coefficient (Wildman–Crippen LogP) is 3.79. The van der Waals surface area contributed by atoms with E-state index in [1.807, 2.05) is 0 Å². The molecule has 1 fully saturated rings. The van der Waals surface area contributed by atoms with Crippen molar-refractivity contribution in [3.8, 4) is 11.5 Å². The highest BCUT2D eigenvalue weighted by molar-refractivity contribution is 8.18. The lowest BCUT2D eigenvalue weighted by molar-refractivity contribution is -0.115. The van der Waals surface area contributed by atoms with E-state index in [0.29, 0.717) is 11.3 Å². The molecule has 2 aromatic carbocycles. The van der Waals surface area contributed by atoms with Crippen molar-refractivity contribution in [1.82, 2.24) is 5.32 Å². The highest BCUT2D eigenvalue weighted by Gasteiger charge is 2.26. The van der Waals surface area contributed by atoms with Crippen molar-refractivity contribution < 1.29 is 31.7 Å². The number of hydrogen-bond acceptors (Lipinski definition) is 8. The number of amides is 3. The van der Waals surface area contributed by atoms with Gasteiger partial charge < -0.3 is 14.2 Å². The summed E-state index contributed by atoms with van der Waals surface area (Å²) in [7, 11) is -4.28. The molecule has 2 N–H and O–H groups in total. The zero-order valence-electron chi connectivity index (χ0n) is 16.8. The smallest absolute Gasteiger partial charge is 0.339 e. The first-order valence-corrected chi connectivity index (χ1v) is 11.7. The number of benzene rings is 2. The molecule has 32 heavy (non-hydrogen) atoms. The average molecular weight is 497 g/mol. The van der Waals surface area contributed by atoms with E-state index in [9.17, 15) is 22.8 Å². The zero-order valence-corrected chi connectivity index (χ0v) is 19.2. The molecule has 2 aromatic rings. The minimum absolute atomic E-state index is 0.0417. The van der Waals surface area contributed by atoms with Crippen LogP contribution in [0, 0.1) is 0 Å². The number of anilines is 1. The normalized spacial score (nSPS) is 14.9. The van der Waals surface area contributed by atoms with Crippen molar-refractivity contribution in [3.63, 3.8) is 0 Å². The number of rotatable bonds is 7. The fourth-order valence-electron chi connectivity index (χ4n) is 2.65. The van der Waals surface area contributed by atoms with Crippen molar-refractivity contribution in [2.24, 2.45) is 0 Å². The number of nitrogens with one attached hydrogen (secondary N) is 2. The van der Waals surface area contributed by atoms with Crippen LogP contribution in [0.15, 0.2) is 46.2 Å². The van der Waals surface area contributed by atoms with Crippen LogP contribution in [0.4, 0.5) is 10.5 Å². The molecule has 3 rings (SSSR count). The van der Waals surface area contributed by atoms with E-state index >= 15 is 0 Å². The molecule has 0 aromatic heterocycles. The Morgan fingerprint density at radius 1 is 1.22 bits per heavy atom. The maximum Gasteiger partial charge on any atom is 0.339 e. The first-order chi connectivity index (χ1) is 15.1. The van der Waals surface area contributed by atoms with Crippen molar-refractivity contribution >= 4 is 62.3 Å². The van der Waals surface area contributed by atoms with E-state index in [0.717, 1.165) is 11.8 Å². The third-order valence-electron chi connectivity index (χ3n) is 3.93. The van der Waals surface area contributed by atoms with E-state index in [-0.39, 0.29) is 38.8 Å². The van der Waals surface area contributed by atoms with Gasteiger partial charge in [0, 0.05) is 12.6 Å². The predicted molar refractivity (Wildman–Crippen MR) is 120 cm³/mol. The van der Waals surface area contributed by atoms with Gasteiger partial charge in [0.2, 0.25) is 11.7 Å². The van der Waals surface area contributed by atoms with E-state index < -0.39 is 21.3 Å². The summed E-state index contributed by atoms with van der Waals surface area (Å²) < 4.78 is 36.3. The lowest BCUT2D eigenvalue weighted by Gasteiger charge is -2.14. The van der Waals surface area contributed by atoms with Gasteiger partial charge in [-0.1, -0.05) is 11.6 Å². The van der Waals surface area contributed by atoms with Gasteiger partial charge in [0.05, 0.1) is 16.5 Å². The summed E-state index contributed by atoms with van der Waals surface area (Å²) in [5.41, 5.74) is 0.837. The monoisotopic (exact) mass is 496 g/mol. The number of imide groups is 1. The molecule has 0 unspecified atom stereocenters. The van der Waals surface area contributed by atoms with Crippen LogP contribution in [0.3, 0.4) is 0 Å². The SMILES string of the molecule is CCOc1cc(/C=C2\SC(=O)NC2=O)cc(Cl)c1OS(=O)(=O)c1ccc(NC(C)=O)cc1. The van der Waals surface area contributed by atoms with Gasteiger partial charge in [0.15, 0.2) is 5.75 Å².